The lowest BCUT2D eigenvalue weighted by atomic mass is 10.0. The molecule has 0 radical (unpaired) electrons. The molecule has 0 aromatic carbocycles. The first-order chi connectivity index (χ1) is 7.67. The van der Waals surface area contributed by atoms with E-state index in [1.165, 1.54) is 0 Å². The molecule has 2 nitrogen and oxygen atoms in total. The Balaban J connectivity index is 4.18. The van der Waals surface area contributed by atoms with Crippen molar-refractivity contribution in [3.8, 4) is 0 Å². The molecule has 0 fully saturated rings. The lowest BCUT2D eigenvalue weighted by Gasteiger charge is -2.25. The second-order valence-electron chi connectivity index (χ2n) is 4.72. The quantitative estimate of drug-likeness (QED) is 0.586. The molecule has 0 aromatic rings. The molecule has 0 aliphatic carbocycles. The third-order valence-corrected chi connectivity index (χ3v) is 3.02. The molecule has 0 aliphatic heterocycles. The van der Waals surface area contributed by atoms with E-state index in [1.54, 1.807) is 0 Å². The van der Waals surface area contributed by atoms with Gasteiger partial charge in [-0.15, -0.1) is 0 Å². The molecule has 0 spiro atoms. The number of amides is 1. The van der Waals surface area contributed by atoms with Gasteiger partial charge in [-0.3, -0.25) is 4.79 Å². The molecule has 0 saturated carbocycles. The number of rotatable bonds is 9. The van der Waals surface area contributed by atoms with E-state index in [4.69, 9.17) is 0 Å². The number of carbonyl (C=O) groups excluding carboxylic acids is 1. The molecule has 1 atom stereocenters. The Kier molecular flexibility index (Phi) is 9.36. The Bertz CT molecular complexity index is 172. The van der Waals surface area contributed by atoms with Crippen LogP contribution in [0.3, 0.4) is 0 Å². The summed E-state index contributed by atoms with van der Waals surface area (Å²) in [5.41, 5.74) is 0. The van der Waals surface area contributed by atoms with Crippen LogP contribution in [0.1, 0.15) is 66.2 Å². The van der Waals surface area contributed by atoms with Gasteiger partial charge in [-0.1, -0.05) is 47.0 Å². The van der Waals surface area contributed by atoms with Gasteiger partial charge in [0.25, 0.3) is 0 Å². The van der Waals surface area contributed by atoms with Gasteiger partial charge in [-0.2, -0.15) is 0 Å². The summed E-state index contributed by atoms with van der Waals surface area (Å²) in [6, 6.07) is 0. The maximum Gasteiger partial charge on any atom is 0.225 e. The van der Waals surface area contributed by atoms with Crippen molar-refractivity contribution >= 4 is 5.91 Å². The second kappa shape index (κ2) is 9.68. The molecule has 0 rings (SSSR count). The van der Waals surface area contributed by atoms with Crippen molar-refractivity contribution in [1.82, 2.24) is 4.90 Å². The normalized spacial score (nSPS) is 12.5. The van der Waals surface area contributed by atoms with Gasteiger partial charge < -0.3 is 4.90 Å². The van der Waals surface area contributed by atoms with Gasteiger partial charge in [0.2, 0.25) is 5.91 Å². The van der Waals surface area contributed by atoms with Crippen molar-refractivity contribution in [1.29, 1.82) is 0 Å². The molecule has 0 saturated heterocycles. The zero-order valence-electron chi connectivity index (χ0n) is 11.6. The molecule has 0 N–H and O–H groups in total. The van der Waals surface area contributed by atoms with Gasteiger partial charge in [0.05, 0.1) is 0 Å². The van der Waals surface area contributed by atoms with Crippen LogP contribution in [0.25, 0.3) is 0 Å². The standard InChI is InChI=1S/C14H29NO/c1-5-8-11-15(12-9-6-2)14(16)13(4)10-7-3/h13H,5-12H2,1-4H3. The third-order valence-electron chi connectivity index (χ3n) is 3.02. The van der Waals surface area contributed by atoms with Crippen molar-refractivity contribution in [3.05, 3.63) is 0 Å². The number of nitrogens with zero attached hydrogens (tertiary/aromatic N) is 1. The Hall–Kier alpha value is -0.530. The average Bonchev–Trinajstić information content (AvgIpc) is 2.29. The number of carbonyl (C=O) groups is 1. The molecule has 0 aliphatic rings. The maximum atomic E-state index is 12.2. The van der Waals surface area contributed by atoms with Crippen LogP contribution in [0.2, 0.25) is 0 Å². The number of hydrogen-bond donors (Lipinski definition) is 0. The van der Waals surface area contributed by atoms with E-state index in [0.29, 0.717) is 5.91 Å². The summed E-state index contributed by atoms with van der Waals surface area (Å²) in [6.07, 6.45) is 6.72. The SMILES string of the molecule is CCCCN(CCCC)C(=O)C(C)CCC. The molecule has 1 amide bonds. The molecular formula is C14H29NO. The molecule has 0 heterocycles. The summed E-state index contributed by atoms with van der Waals surface area (Å²) in [5, 5.41) is 0. The molecule has 96 valence electrons. The first kappa shape index (κ1) is 15.5. The van der Waals surface area contributed by atoms with Crippen molar-refractivity contribution in [2.75, 3.05) is 13.1 Å². The van der Waals surface area contributed by atoms with Crippen LogP contribution in [0.4, 0.5) is 0 Å². The smallest absolute Gasteiger partial charge is 0.225 e. The first-order valence-corrected chi connectivity index (χ1v) is 6.96. The fourth-order valence-electron chi connectivity index (χ4n) is 1.90. The highest BCUT2D eigenvalue weighted by Crippen LogP contribution is 2.11. The summed E-state index contributed by atoms with van der Waals surface area (Å²) < 4.78 is 0. The Morgan fingerprint density at radius 2 is 1.50 bits per heavy atom. The highest BCUT2D eigenvalue weighted by atomic mass is 16.2. The largest absolute Gasteiger partial charge is 0.342 e. The van der Waals surface area contributed by atoms with E-state index in [0.717, 1.165) is 51.6 Å². The highest BCUT2D eigenvalue weighted by Gasteiger charge is 2.18. The first-order valence-electron chi connectivity index (χ1n) is 6.96. The minimum atomic E-state index is 0.207. The van der Waals surface area contributed by atoms with Gasteiger partial charge in [0.1, 0.15) is 0 Å². The van der Waals surface area contributed by atoms with E-state index in [1.807, 2.05) is 0 Å². The van der Waals surface area contributed by atoms with E-state index in [-0.39, 0.29) is 5.92 Å². The van der Waals surface area contributed by atoms with Gasteiger partial charge in [-0.25, -0.2) is 0 Å². The fraction of sp³-hybridized carbons (Fsp3) is 0.929. The summed E-state index contributed by atoms with van der Waals surface area (Å²) in [4.78, 5) is 14.2. The topological polar surface area (TPSA) is 20.3 Å². The second-order valence-corrected chi connectivity index (χ2v) is 4.72. The van der Waals surface area contributed by atoms with Crippen LogP contribution in [-0.2, 0) is 4.79 Å². The summed E-state index contributed by atoms with van der Waals surface area (Å²) in [7, 11) is 0. The zero-order valence-corrected chi connectivity index (χ0v) is 11.6. The molecule has 0 bridgehead atoms. The fourth-order valence-corrected chi connectivity index (χ4v) is 1.90. The van der Waals surface area contributed by atoms with Crippen LogP contribution in [0, 0.1) is 5.92 Å². The Morgan fingerprint density at radius 3 is 1.88 bits per heavy atom. The van der Waals surface area contributed by atoms with Crippen LogP contribution in [-0.4, -0.2) is 23.9 Å². The van der Waals surface area contributed by atoms with E-state index in [2.05, 4.69) is 32.6 Å². The average molecular weight is 227 g/mol. The lowest BCUT2D eigenvalue weighted by molar-refractivity contribution is -0.135. The van der Waals surface area contributed by atoms with E-state index >= 15 is 0 Å². The van der Waals surface area contributed by atoms with Gasteiger partial charge in [0.15, 0.2) is 0 Å². The lowest BCUT2D eigenvalue weighted by Crippen LogP contribution is -2.36. The van der Waals surface area contributed by atoms with Crippen LogP contribution in [0.15, 0.2) is 0 Å². The van der Waals surface area contributed by atoms with Crippen LogP contribution in [0.5, 0.6) is 0 Å². The minimum absolute atomic E-state index is 0.207. The summed E-state index contributed by atoms with van der Waals surface area (Å²) in [5.74, 6) is 0.572. The van der Waals surface area contributed by atoms with E-state index < -0.39 is 0 Å². The van der Waals surface area contributed by atoms with Gasteiger partial charge in [-0.05, 0) is 19.3 Å². The predicted molar refractivity (Wildman–Crippen MR) is 70.5 cm³/mol. The third kappa shape index (κ3) is 6.14. The molecule has 1 unspecified atom stereocenters. The minimum Gasteiger partial charge on any atom is -0.342 e. The molecular weight excluding hydrogens is 198 g/mol. The van der Waals surface area contributed by atoms with E-state index in [9.17, 15) is 4.79 Å². The highest BCUT2D eigenvalue weighted by molar-refractivity contribution is 5.78. The van der Waals surface area contributed by atoms with Crippen LogP contribution < -0.4 is 0 Å². The van der Waals surface area contributed by atoms with Gasteiger partial charge in [0, 0.05) is 19.0 Å². The predicted octanol–water partition coefficient (Wildman–Crippen LogP) is 3.85. The van der Waals surface area contributed by atoms with Crippen molar-refractivity contribution in [2.45, 2.75) is 66.2 Å². The molecule has 16 heavy (non-hydrogen) atoms. The molecule has 2 heteroatoms. The molecule has 0 aromatic heterocycles. The monoisotopic (exact) mass is 227 g/mol. The Labute approximate surface area is 101 Å². The van der Waals surface area contributed by atoms with Crippen molar-refractivity contribution in [3.63, 3.8) is 0 Å². The maximum absolute atomic E-state index is 12.2. The Morgan fingerprint density at radius 1 is 1.00 bits per heavy atom. The summed E-state index contributed by atoms with van der Waals surface area (Å²) in [6.45, 7) is 10.5. The number of unbranched alkanes of at least 4 members (excludes halogenated alkanes) is 2. The van der Waals surface area contributed by atoms with Gasteiger partial charge >= 0.3 is 0 Å². The van der Waals surface area contributed by atoms with Crippen molar-refractivity contribution < 1.29 is 4.79 Å². The number of hydrogen-bond acceptors (Lipinski definition) is 1. The zero-order chi connectivity index (χ0) is 12.4. The van der Waals surface area contributed by atoms with Crippen LogP contribution >= 0.6 is 0 Å². The van der Waals surface area contributed by atoms with Crippen molar-refractivity contribution in [2.24, 2.45) is 5.92 Å². The summed E-state index contributed by atoms with van der Waals surface area (Å²) >= 11 is 0.